The number of anilines is 1. The number of ether oxygens (including phenoxy) is 1. The van der Waals surface area contributed by atoms with Crippen molar-refractivity contribution in [2.45, 2.75) is 0 Å². The number of carboxylic acids is 1. The largest absolute Gasteiger partial charge is 0.478 e. The van der Waals surface area contributed by atoms with Gasteiger partial charge in [0.05, 0.1) is 24.4 Å². The number of rotatable bonds is 3. The van der Waals surface area contributed by atoms with Crippen molar-refractivity contribution in [3.63, 3.8) is 0 Å². The van der Waals surface area contributed by atoms with E-state index in [0.29, 0.717) is 52.9 Å². The second-order valence-corrected chi connectivity index (χ2v) is 7.04. The maximum absolute atomic E-state index is 11.8. The fraction of sp³-hybridized carbons (Fsp3) is 0.211. The van der Waals surface area contributed by atoms with E-state index < -0.39 is 5.97 Å². The van der Waals surface area contributed by atoms with E-state index >= 15 is 0 Å². The summed E-state index contributed by atoms with van der Waals surface area (Å²) in [5, 5.41) is 11.3. The van der Waals surface area contributed by atoms with Crippen LogP contribution in [0.3, 0.4) is 0 Å². The van der Waals surface area contributed by atoms with Crippen LogP contribution in [0, 0.1) is 0 Å². The number of morpholine rings is 1. The Labute approximate surface area is 165 Å². The number of pyridine rings is 2. The van der Waals surface area contributed by atoms with Gasteiger partial charge in [-0.15, -0.1) is 0 Å². The van der Waals surface area contributed by atoms with Crippen molar-refractivity contribution in [3.8, 4) is 11.1 Å². The minimum absolute atomic E-state index is 0.146. The van der Waals surface area contributed by atoms with E-state index in [0.717, 1.165) is 11.1 Å². The molecule has 3 aromatic rings. The highest BCUT2D eigenvalue weighted by atomic mass is 35.5. The smallest absolute Gasteiger partial charge is 0.339 e. The second kappa shape index (κ2) is 7.31. The normalized spacial score (nSPS) is 14.5. The lowest BCUT2D eigenvalue weighted by molar-refractivity contribution is 0.0696. The monoisotopic (exact) mass is 403 g/mol. The molecule has 1 aromatic carbocycles. The van der Waals surface area contributed by atoms with Crippen LogP contribution in [0.4, 0.5) is 5.69 Å². The van der Waals surface area contributed by atoms with E-state index in [9.17, 15) is 9.90 Å². The molecule has 4 rings (SSSR count). The lowest BCUT2D eigenvalue weighted by Gasteiger charge is -2.30. The summed E-state index contributed by atoms with van der Waals surface area (Å²) in [6.45, 7) is 2.29. The highest BCUT2D eigenvalue weighted by Gasteiger charge is 2.23. The van der Waals surface area contributed by atoms with E-state index in [2.05, 4.69) is 9.97 Å². The molecule has 0 unspecified atom stereocenters. The number of hydrogen-bond acceptors (Lipinski definition) is 5. The number of carbonyl (C=O) groups is 1. The molecule has 3 heterocycles. The predicted octanol–water partition coefficient (Wildman–Crippen LogP) is 4.14. The van der Waals surface area contributed by atoms with Gasteiger partial charge in [-0.2, -0.15) is 0 Å². The van der Waals surface area contributed by atoms with Crippen LogP contribution < -0.4 is 4.90 Å². The van der Waals surface area contributed by atoms with Crippen LogP contribution in [-0.4, -0.2) is 47.3 Å². The quantitative estimate of drug-likeness (QED) is 0.707. The number of halogens is 2. The molecule has 0 amide bonds. The van der Waals surface area contributed by atoms with Crippen molar-refractivity contribution in [1.82, 2.24) is 9.97 Å². The molecule has 0 spiro atoms. The Morgan fingerprint density at radius 1 is 1.07 bits per heavy atom. The van der Waals surface area contributed by atoms with Gasteiger partial charge in [0.1, 0.15) is 5.56 Å². The van der Waals surface area contributed by atoms with Crippen molar-refractivity contribution in [3.05, 3.63) is 52.4 Å². The number of benzene rings is 1. The Morgan fingerprint density at radius 2 is 1.78 bits per heavy atom. The van der Waals surface area contributed by atoms with E-state index in [1.807, 2.05) is 4.90 Å². The molecule has 0 bridgehead atoms. The number of nitrogens with zero attached hydrogens (tertiary/aromatic N) is 3. The van der Waals surface area contributed by atoms with Crippen molar-refractivity contribution in [2.75, 3.05) is 31.2 Å². The van der Waals surface area contributed by atoms with Crippen molar-refractivity contribution in [2.24, 2.45) is 0 Å². The molecular formula is C19H15Cl2N3O3. The number of aromatic nitrogens is 2. The molecule has 0 radical (unpaired) electrons. The first-order chi connectivity index (χ1) is 13.0. The maximum atomic E-state index is 11.8. The first-order valence-corrected chi connectivity index (χ1v) is 9.09. The molecule has 0 aliphatic carbocycles. The van der Waals surface area contributed by atoms with E-state index in [1.54, 1.807) is 30.6 Å². The number of aromatic carboxylic acids is 1. The van der Waals surface area contributed by atoms with Gasteiger partial charge in [-0.3, -0.25) is 9.97 Å². The number of carboxylic acid groups (broad SMARTS) is 1. The van der Waals surface area contributed by atoms with Gasteiger partial charge in [-0.05, 0) is 23.8 Å². The first-order valence-electron chi connectivity index (χ1n) is 8.34. The maximum Gasteiger partial charge on any atom is 0.339 e. The summed E-state index contributed by atoms with van der Waals surface area (Å²) in [6, 6.07) is 5.22. The average Bonchev–Trinajstić information content (AvgIpc) is 2.66. The third-order valence-corrected chi connectivity index (χ3v) is 4.92. The molecular weight excluding hydrogens is 389 g/mol. The molecule has 1 saturated heterocycles. The fourth-order valence-corrected chi connectivity index (χ4v) is 3.83. The molecule has 2 aromatic heterocycles. The van der Waals surface area contributed by atoms with E-state index in [1.165, 1.54) is 6.20 Å². The Balaban J connectivity index is 1.98. The lowest BCUT2D eigenvalue weighted by atomic mass is 10.0. The Bertz CT molecular complexity index is 1020. The van der Waals surface area contributed by atoms with Crippen LogP contribution in [0.5, 0.6) is 0 Å². The van der Waals surface area contributed by atoms with Gasteiger partial charge in [0.25, 0.3) is 0 Å². The Hall–Kier alpha value is -2.41. The molecule has 0 saturated carbocycles. The zero-order valence-electron chi connectivity index (χ0n) is 14.2. The van der Waals surface area contributed by atoms with Gasteiger partial charge in [-0.1, -0.05) is 23.2 Å². The standard InChI is InChI=1S/C19H15Cl2N3O3/c20-12-5-11(6-13(21)7-12)14-8-22-9-15-17(14)23-10-16(19(25)26)18(15)24-1-3-27-4-2-24/h5-10H,1-4H2,(H,25,26). The predicted molar refractivity (Wildman–Crippen MR) is 105 cm³/mol. The molecule has 1 fully saturated rings. The summed E-state index contributed by atoms with van der Waals surface area (Å²) in [5.41, 5.74) is 2.91. The van der Waals surface area contributed by atoms with Crippen LogP contribution in [-0.2, 0) is 4.74 Å². The fourth-order valence-electron chi connectivity index (χ4n) is 3.31. The molecule has 8 heteroatoms. The van der Waals surface area contributed by atoms with Gasteiger partial charge in [0.2, 0.25) is 0 Å². The Morgan fingerprint density at radius 3 is 2.44 bits per heavy atom. The van der Waals surface area contributed by atoms with Crippen LogP contribution in [0.1, 0.15) is 10.4 Å². The molecule has 6 nitrogen and oxygen atoms in total. The Kier molecular flexibility index (Phi) is 4.86. The van der Waals surface area contributed by atoms with Crippen LogP contribution >= 0.6 is 23.2 Å². The van der Waals surface area contributed by atoms with Crippen LogP contribution in [0.2, 0.25) is 10.0 Å². The summed E-state index contributed by atoms with van der Waals surface area (Å²) in [4.78, 5) is 22.6. The minimum Gasteiger partial charge on any atom is -0.478 e. The van der Waals surface area contributed by atoms with Crippen molar-refractivity contribution < 1.29 is 14.6 Å². The SMILES string of the molecule is O=C(O)c1cnc2c(-c3cc(Cl)cc(Cl)c3)cncc2c1N1CCOCC1. The van der Waals surface area contributed by atoms with Gasteiger partial charge < -0.3 is 14.7 Å². The zero-order valence-corrected chi connectivity index (χ0v) is 15.7. The molecule has 1 N–H and O–H groups in total. The first kappa shape index (κ1) is 18.0. The molecule has 1 aliphatic rings. The summed E-state index contributed by atoms with van der Waals surface area (Å²) < 4.78 is 5.40. The van der Waals surface area contributed by atoms with Crippen LogP contribution in [0.25, 0.3) is 22.0 Å². The molecule has 138 valence electrons. The van der Waals surface area contributed by atoms with Crippen LogP contribution in [0.15, 0.2) is 36.8 Å². The molecule has 27 heavy (non-hydrogen) atoms. The zero-order chi connectivity index (χ0) is 19.0. The summed E-state index contributed by atoms with van der Waals surface area (Å²) in [7, 11) is 0. The van der Waals surface area contributed by atoms with Crippen molar-refractivity contribution in [1.29, 1.82) is 0 Å². The highest BCUT2D eigenvalue weighted by Crippen LogP contribution is 2.36. The van der Waals surface area contributed by atoms with E-state index in [4.69, 9.17) is 27.9 Å². The number of hydrogen-bond donors (Lipinski definition) is 1. The summed E-state index contributed by atoms with van der Waals surface area (Å²) >= 11 is 12.3. The number of fused-ring (bicyclic) bond motifs is 1. The second-order valence-electron chi connectivity index (χ2n) is 6.17. The summed E-state index contributed by atoms with van der Waals surface area (Å²) in [6.07, 6.45) is 4.72. The highest BCUT2D eigenvalue weighted by molar-refractivity contribution is 6.35. The minimum atomic E-state index is -1.03. The lowest BCUT2D eigenvalue weighted by Crippen LogP contribution is -2.37. The average molecular weight is 404 g/mol. The third kappa shape index (κ3) is 3.43. The topological polar surface area (TPSA) is 75.5 Å². The van der Waals surface area contributed by atoms with Gasteiger partial charge in [-0.25, -0.2) is 4.79 Å². The van der Waals surface area contributed by atoms with Gasteiger partial charge >= 0.3 is 5.97 Å². The van der Waals surface area contributed by atoms with E-state index in [-0.39, 0.29) is 5.56 Å². The van der Waals surface area contributed by atoms with Gasteiger partial charge in [0.15, 0.2) is 0 Å². The summed E-state index contributed by atoms with van der Waals surface area (Å²) in [5.74, 6) is -1.03. The third-order valence-electron chi connectivity index (χ3n) is 4.48. The molecule has 0 atom stereocenters. The van der Waals surface area contributed by atoms with Gasteiger partial charge in [0, 0.05) is 52.7 Å². The van der Waals surface area contributed by atoms with Crippen molar-refractivity contribution >= 4 is 45.8 Å². The molecule has 1 aliphatic heterocycles.